The van der Waals surface area contributed by atoms with E-state index < -0.39 is 0 Å². The molecule has 14 nitrogen and oxygen atoms in total. The Bertz CT molecular complexity index is 3570. The molecule has 0 aliphatic rings. The molecule has 10 rings (SSSR count). The summed E-state index contributed by atoms with van der Waals surface area (Å²) < 4.78 is 54.6. The van der Waals surface area contributed by atoms with Crippen molar-refractivity contribution in [3.63, 3.8) is 0 Å². The van der Waals surface area contributed by atoms with E-state index in [1.165, 1.54) is 36.9 Å². The number of benzene rings is 6. The zero-order valence-electron chi connectivity index (χ0n) is 40.8. The standard InChI is InChI=1S/C26H17ClFN3O3.C21H14ClFIN3O.C5H4BO4.CH3I.ClH.I3.I2/c27-21-12-18(6-9-25(21)33-14-17-3-1-2-4-22(17)28)31-26-20-11-16(5-8-23(20)29-15-30-26)24-10-7-19(13-32)34-24;22-17-10-15(6-8-20(17)28-11-13-3-1-2-4-18(13)23)27-21-16-9-14(24)5-7-19(16)25-12-26-21;7-3-4-1-2-5(9-4)10-6-8;1-2;;1-3-2;1-2/h1-13,15H,14H2,(H,29,30,31);1-10,12H,11H2,(H,25,26,27);1-3,8H;1H3;1H;;/q;;;;;-1;. The summed E-state index contributed by atoms with van der Waals surface area (Å²) in [5, 5.41) is 17.1. The van der Waals surface area contributed by atoms with Gasteiger partial charge < -0.3 is 38.6 Å². The van der Waals surface area contributed by atoms with Crippen molar-refractivity contribution in [3.05, 3.63) is 206 Å². The molecule has 0 aliphatic heterocycles. The number of hydrogen-bond donors (Lipinski definition) is 3. The van der Waals surface area contributed by atoms with Gasteiger partial charge in [-0.2, -0.15) is 0 Å². The monoisotopic (exact) mass is 1930 g/mol. The van der Waals surface area contributed by atoms with Gasteiger partial charge in [0, 0.05) is 85.7 Å². The summed E-state index contributed by atoms with van der Waals surface area (Å²) in [7, 11) is 0.480. The smallest absolute Gasteiger partial charge is 0.510 e. The maximum absolute atomic E-state index is 13.8. The molecule has 80 heavy (non-hydrogen) atoms. The van der Waals surface area contributed by atoms with E-state index in [0.717, 1.165) is 36.6 Å². The first kappa shape index (κ1) is 69.3. The first-order valence-corrected chi connectivity index (χ1v) is 45.0. The molecule has 0 bridgehead atoms. The number of nitrogens with one attached hydrogen (secondary N) is 2. The minimum atomic E-state index is -0.330. The Labute approximate surface area is 555 Å². The number of aromatic nitrogens is 4. The molecular formula is C53H39BCl3F2I7N6O8-. The van der Waals surface area contributed by atoms with Crippen molar-refractivity contribution in [3.8, 4) is 28.8 Å². The van der Waals surface area contributed by atoms with E-state index in [1.54, 1.807) is 78.9 Å². The van der Waals surface area contributed by atoms with Gasteiger partial charge in [0.2, 0.25) is 0 Å². The summed E-state index contributed by atoms with van der Waals surface area (Å²) >= 11 is 26.7. The van der Waals surface area contributed by atoms with Crippen molar-refractivity contribution in [1.82, 2.24) is 19.9 Å². The Morgan fingerprint density at radius 3 is 1.57 bits per heavy atom. The average molecular weight is 1930 g/mol. The summed E-state index contributed by atoms with van der Waals surface area (Å²) in [5.41, 5.74) is 4.75. The van der Waals surface area contributed by atoms with E-state index in [0.29, 0.717) is 89.3 Å². The molecule has 0 atom stereocenters. The number of fused-ring (bicyclic) bond motifs is 2. The predicted molar refractivity (Wildman–Crippen MR) is 362 cm³/mol. The number of furan rings is 2. The molecule has 1 radical (unpaired) electrons. The topological polar surface area (TPSA) is 184 Å². The Morgan fingerprint density at radius 1 is 0.637 bits per heavy atom. The number of carbonyl (C=O) groups excluding carboxylic acids is 2. The Kier molecular flexibility index (Phi) is 32.8. The third kappa shape index (κ3) is 21.4. The number of nitrogens with zero attached hydrogens (tertiary/aromatic N) is 4. The SMILES string of the molecule is CI.Cl.Fc1ccccc1COc1ccc(Nc2ncnc3ccc(I)cc23)cc1Cl.II.I[I-]I.O=Cc1ccc(-c2ccc3ncnc(Nc4ccc(OCc5ccccc5F)c(Cl)c4)c3c2)o1.O=Cc1ccc(O[B]O)o1. The Morgan fingerprint density at radius 2 is 1.11 bits per heavy atom. The quantitative estimate of drug-likeness (QED) is 0.0381. The van der Waals surface area contributed by atoms with Gasteiger partial charge in [-0.3, -0.25) is 9.59 Å². The molecule has 0 aliphatic carbocycles. The fourth-order valence-corrected chi connectivity index (χ4v) is 7.69. The molecule has 27 heteroatoms. The van der Waals surface area contributed by atoms with Gasteiger partial charge in [0.15, 0.2) is 24.1 Å². The van der Waals surface area contributed by atoms with Crippen molar-refractivity contribution >= 4 is 220 Å². The third-order valence-electron chi connectivity index (χ3n) is 10.2. The normalized spacial score (nSPS) is 9.95. The fourth-order valence-electron chi connectivity index (χ4n) is 6.73. The maximum atomic E-state index is 13.8. The molecule has 0 saturated carbocycles. The van der Waals surface area contributed by atoms with Crippen LogP contribution in [0.3, 0.4) is 0 Å². The molecule has 6 aromatic carbocycles. The summed E-state index contributed by atoms with van der Waals surface area (Å²) in [4.78, 5) is 40.2. The first-order chi connectivity index (χ1) is 38.5. The fraction of sp³-hybridized carbons (Fsp3) is 0.0566. The molecule has 0 spiro atoms. The Balaban J connectivity index is 0.000000268. The minimum Gasteiger partial charge on any atom is -0.510 e. The van der Waals surface area contributed by atoms with Crippen LogP contribution in [0.15, 0.2) is 167 Å². The van der Waals surface area contributed by atoms with E-state index >= 15 is 0 Å². The van der Waals surface area contributed by atoms with Crippen molar-refractivity contribution in [1.29, 1.82) is 0 Å². The molecule has 4 heterocycles. The number of rotatable bonds is 15. The second-order valence-electron chi connectivity index (χ2n) is 15.0. The van der Waals surface area contributed by atoms with E-state index in [2.05, 4.69) is 155 Å². The predicted octanol–water partition coefficient (Wildman–Crippen LogP) is 15.2. The van der Waals surface area contributed by atoms with Gasteiger partial charge in [-0.25, -0.2) is 28.7 Å². The molecule has 10 aromatic rings. The second-order valence-corrected chi connectivity index (χ2v) is 33.3. The number of anilines is 4. The van der Waals surface area contributed by atoms with Gasteiger partial charge in [-0.15, -0.1) is 12.4 Å². The van der Waals surface area contributed by atoms with Gasteiger partial charge in [0.25, 0.3) is 5.95 Å². The molecule has 4 aromatic heterocycles. The van der Waals surface area contributed by atoms with Crippen molar-refractivity contribution in [2.24, 2.45) is 0 Å². The molecule has 0 saturated heterocycles. The number of carbonyl (C=O) groups is 2. The van der Waals surface area contributed by atoms with Crippen LogP contribution in [0.2, 0.25) is 10.0 Å². The number of halogens is 12. The van der Waals surface area contributed by atoms with Crippen LogP contribution in [0.5, 0.6) is 17.4 Å². The molecule has 3 N–H and O–H groups in total. The van der Waals surface area contributed by atoms with Gasteiger partial charge in [-0.1, -0.05) is 82.2 Å². The average Bonchev–Trinajstić information content (AvgIpc) is 4.19. The van der Waals surface area contributed by atoms with E-state index in [1.807, 2.05) is 47.4 Å². The number of hydrogen-bond acceptors (Lipinski definition) is 14. The molecular weight excluding hydrogens is 1890 g/mol. The summed E-state index contributed by atoms with van der Waals surface area (Å²) in [6, 6.07) is 41.3. The van der Waals surface area contributed by atoms with E-state index in [9.17, 15) is 18.4 Å². The third-order valence-corrected chi connectivity index (χ3v) is 11.5. The summed E-state index contributed by atoms with van der Waals surface area (Å²) in [5.74, 6) is 2.63. The first-order valence-electron chi connectivity index (χ1n) is 22.1. The molecule has 0 unspecified atom stereocenters. The van der Waals surface area contributed by atoms with Gasteiger partial charge >= 0.3 is 58.2 Å². The number of aldehydes is 2. The summed E-state index contributed by atoms with van der Waals surface area (Å²) in [6.07, 6.45) is 4.19. The number of alkyl halides is 1. The van der Waals surface area contributed by atoms with Crippen LogP contribution >= 0.6 is 155 Å². The largest absolute Gasteiger partial charge is 0.571 e. The van der Waals surface area contributed by atoms with Crippen LogP contribution < -0.4 is 38.0 Å². The van der Waals surface area contributed by atoms with Crippen molar-refractivity contribution < 1.29 is 59.6 Å². The van der Waals surface area contributed by atoms with Gasteiger partial charge in [0.1, 0.15) is 66.4 Å². The number of ether oxygens (including phenoxy) is 2. The molecule has 0 fully saturated rings. The van der Waals surface area contributed by atoms with Crippen LogP contribution in [0.1, 0.15) is 32.2 Å². The van der Waals surface area contributed by atoms with E-state index in [4.69, 9.17) is 46.5 Å². The van der Waals surface area contributed by atoms with Gasteiger partial charge in [0.05, 0.1) is 21.1 Å². The van der Waals surface area contributed by atoms with Crippen LogP contribution in [0.25, 0.3) is 33.1 Å². The van der Waals surface area contributed by atoms with Gasteiger partial charge in [-0.05, 0) is 131 Å². The molecule has 0 amide bonds. The zero-order valence-corrected chi connectivity index (χ0v) is 58.2. The minimum absolute atomic E-state index is 0. The zero-order chi connectivity index (χ0) is 57.1. The van der Waals surface area contributed by atoms with Crippen LogP contribution in [0.4, 0.5) is 31.8 Å². The van der Waals surface area contributed by atoms with Crippen LogP contribution in [-0.2, 0) is 13.2 Å². The van der Waals surface area contributed by atoms with Crippen molar-refractivity contribution in [2.45, 2.75) is 13.2 Å². The van der Waals surface area contributed by atoms with Crippen LogP contribution in [0, 0.1) is 15.2 Å². The van der Waals surface area contributed by atoms with Crippen LogP contribution in [-0.4, -0.2) is 50.1 Å². The Hall–Kier alpha value is -3.24. The molecule has 417 valence electrons. The summed E-state index contributed by atoms with van der Waals surface area (Å²) in [6.45, 7) is 0.172. The van der Waals surface area contributed by atoms with Crippen molar-refractivity contribution in [2.75, 3.05) is 15.6 Å². The maximum Gasteiger partial charge on any atom is 0.571 e. The van der Waals surface area contributed by atoms with E-state index in [-0.39, 0.29) is 54.7 Å². The second kappa shape index (κ2) is 37.9.